The first-order valence-corrected chi connectivity index (χ1v) is 10.4. The maximum atomic E-state index is 13.0. The molecule has 0 bridgehead atoms. The van der Waals surface area contributed by atoms with Crippen LogP contribution in [0.4, 0.5) is 0 Å². The summed E-state index contributed by atoms with van der Waals surface area (Å²) < 4.78 is 54.0. The molecular formula is C22H29N5O4. The van der Waals surface area contributed by atoms with Gasteiger partial charge in [0.15, 0.2) is 5.82 Å². The number of tetrazole rings is 1. The number of aromatic amines is 1. The summed E-state index contributed by atoms with van der Waals surface area (Å²) in [6.07, 6.45) is -3.39. The minimum atomic E-state index is -1.98. The van der Waals surface area contributed by atoms with Gasteiger partial charge < -0.3 is 14.8 Å². The van der Waals surface area contributed by atoms with Crippen molar-refractivity contribution < 1.29 is 25.9 Å². The van der Waals surface area contributed by atoms with Crippen molar-refractivity contribution in [1.82, 2.24) is 25.9 Å². The zero-order valence-electron chi connectivity index (χ0n) is 22.3. The number of carbonyl (C=O) groups excluding carboxylic acids is 2. The number of hydrogen-bond acceptors (Lipinski definition) is 8. The van der Waals surface area contributed by atoms with Gasteiger partial charge in [-0.15, -0.1) is 10.2 Å². The van der Waals surface area contributed by atoms with Crippen LogP contribution in [0, 0.1) is 17.8 Å². The quantitative estimate of drug-likeness (QED) is 0.505. The molecule has 0 radical (unpaired) electrons. The van der Waals surface area contributed by atoms with Crippen LogP contribution in [-0.2, 0) is 16.0 Å². The molecule has 2 heterocycles. The van der Waals surface area contributed by atoms with Crippen molar-refractivity contribution in [3.05, 3.63) is 35.7 Å². The molecule has 1 aliphatic carbocycles. The van der Waals surface area contributed by atoms with Crippen molar-refractivity contribution in [3.8, 4) is 5.75 Å². The van der Waals surface area contributed by atoms with Crippen LogP contribution in [-0.4, -0.2) is 51.7 Å². The molecule has 9 nitrogen and oxygen atoms in total. The van der Waals surface area contributed by atoms with Crippen molar-refractivity contribution in [2.75, 3.05) is 13.2 Å². The number of esters is 2. The lowest BCUT2D eigenvalue weighted by atomic mass is 9.69. The molecule has 4 atom stereocenters. The Kier molecular flexibility index (Phi) is 5.13. The van der Waals surface area contributed by atoms with E-state index in [1.165, 1.54) is 24.3 Å². The normalized spacial score (nSPS) is 33.5. The number of rotatable bonds is 7. The van der Waals surface area contributed by atoms with Crippen LogP contribution in [0.25, 0.3) is 0 Å². The standard InChI is InChI=1S/C22H29N5O4/c1-2-30-21(28)15-6-8-18(9-7-15)31-22(29)19-12-17-11-14(3-5-16(17)13-23-19)4-10-20-24-26-27-25-20/h6-9,14,16-17,19,23H,2-5,10-13H2,1H3,(H,24,25,26,27)/t14-,16+,17-,19+/m1/s1/i3D2,11D2,19D. The number of nitrogens with one attached hydrogen (secondary N) is 2. The van der Waals surface area contributed by atoms with Gasteiger partial charge in [0.25, 0.3) is 0 Å². The van der Waals surface area contributed by atoms with Gasteiger partial charge in [-0.05, 0) is 81.1 Å². The lowest BCUT2D eigenvalue weighted by molar-refractivity contribution is -0.138. The van der Waals surface area contributed by atoms with E-state index < -0.39 is 42.5 Å². The van der Waals surface area contributed by atoms with E-state index in [1.54, 1.807) is 6.92 Å². The number of benzene rings is 1. The number of ether oxygens (including phenoxy) is 2. The third kappa shape index (κ3) is 5.46. The van der Waals surface area contributed by atoms with Gasteiger partial charge in [0.1, 0.15) is 11.8 Å². The molecule has 2 aromatic rings. The minimum Gasteiger partial charge on any atom is -0.462 e. The van der Waals surface area contributed by atoms with E-state index in [1.807, 2.05) is 0 Å². The molecule has 166 valence electrons. The Morgan fingerprint density at radius 3 is 2.87 bits per heavy atom. The Morgan fingerprint density at radius 1 is 1.29 bits per heavy atom. The lowest BCUT2D eigenvalue weighted by Gasteiger charge is -2.42. The van der Waals surface area contributed by atoms with E-state index >= 15 is 0 Å². The summed E-state index contributed by atoms with van der Waals surface area (Å²) >= 11 is 0. The number of piperidine rings is 1. The molecule has 1 saturated heterocycles. The van der Waals surface area contributed by atoms with E-state index in [4.69, 9.17) is 16.3 Å². The molecule has 1 aromatic carbocycles. The summed E-state index contributed by atoms with van der Waals surface area (Å²) in [5.74, 6) is -2.96. The smallest absolute Gasteiger partial charge is 0.338 e. The van der Waals surface area contributed by atoms with E-state index in [0.29, 0.717) is 11.4 Å². The van der Waals surface area contributed by atoms with Gasteiger partial charge in [0.2, 0.25) is 0 Å². The highest BCUT2D eigenvalue weighted by Crippen LogP contribution is 2.40. The molecule has 2 N–H and O–H groups in total. The molecule has 9 heteroatoms. The van der Waals surface area contributed by atoms with E-state index in [2.05, 4.69) is 25.9 Å². The summed E-state index contributed by atoms with van der Waals surface area (Å²) in [5, 5.41) is 16.4. The van der Waals surface area contributed by atoms with Crippen LogP contribution in [0.3, 0.4) is 0 Å². The minimum absolute atomic E-state index is 0.113. The van der Waals surface area contributed by atoms with Crippen molar-refractivity contribution in [3.63, 3.8) is 0 Å². The number of nitrogens with zero attached hydrogens (tertiary/aromatic N) is 3. The predicted molar refractivity (Wildman–Crippen MR) is 111 cm³/mol. The largest absolute Gasteiger partial charge is 0.462 e. The third-order valence-corrected chi connectivity index (χ3v) is 5.48. The first-order valence-electron chi connectivity index (χ1n) is 12.9. The predicted octanol–water partition coefficient (Wildman–Crippen LogP) is 2.31. The molecule has 1 saturated carbocycles. The molecule has 1 aromatic heterocycles. The molecular weight excluding hydrogens is 398 g/mol. The average Bonchev–Trinajstić information content (AvgIpc) is 3.33. The summed E-state index contributed by atoms with van der Waals surface area (Å²) in [6, 6.07) is 3.87. The summed E-state index contributed by atoms with van der Waals surface area (Å²) in [5.41, 5.74) is 0.299. The molecule has 1 aliphatic heterocycles. The Hall–Kier alpha value is -2.81. The zero-order chi connectivity index (χ0) is 26.1. The highest BCUT2D eigenvalue weighted by Gasteiger charge is 2.38. The second-order valence-corrected chi connectivity index (χ2v) is 7.56. The highest BCUT2D eigenvalue weighted by atomic mass is 16.5. The number of hydrogen-bond donors (Lipinski definition) is 2. The van der Waals surface area contributed by atoms with Crippen molar-refractivity contribution in [2.24, 2.45) is 17.8 Å². The van der Waals surface area contributed by atoms with Gasteiger partial charge in [-0.2, -0.15) is 5.21 Å². The van der Waals surface area contributed by atoms with Gasteiger partial charge in [-0.3, -0.25) is 0 Å². The first-order chi connectivity index (χ1) is 17.0. The van der Waals surface area contributed by atoms with Gasteiger partial charge in [0, 0.05) is 11.9 Å². The van der Waals surface area contributed by atoms with Crippen LogP contribution in [0.2, 0.25) is 0 Å². The molecule has 2 fully saturated rings. The van der Waals surface area contributed by atoms with Gasteiger partial charge in [-0.1, -0.05) is 11.6 Å². The first kappa shape index (κ1) is 15.9. The maximum Gasteiger partial charge on any atom is 0.338 e. The molecule has 4 rings (SSSR count). The van der Waals surface area contributed by atoms with Crippen LogP contribution in [0.1, 0.15) is 62.0 Å². The second kappa shape index (κ2) is 10.00. The number of aryl methyl sites for hydroxylation is 1. The lowest BCUT2D eigenvalue weighted by Crippen LogP contribution is -2.50. The Labute approximate surface area is 188 Å². The third-order valence-electron chi connectivity index (χ3n) is 5.48. The fourth-order valence-corrected chi connectivity index (χ4v) is 3.82. The van der Waals surface area contributed by atoms with Crippen molar-refractivity contribution in [1.29, 1.82) is 0 Å². The summed E-state index contributed by atoms with van der Waals surface area (Å²) in [7, 11) is 0. The van der Waals surface area contributed by atoms with Crippen molar-refractivity contribution >= 4 is 11.9 Å². The Morgan fingerprint density at radius 2 is 2.13 bits per heavy atom. The Bertz CT molecular complexity index is 1090. The molecule has 0 unspecified atom stereocenters. The maximum absolute atomic E-state index is 13.0. The Balaban J connectivity index is 1.47. The molecule has 2 aliphatic rings. The zero-order valence-corrected chi connectivity index (χ0v) is 17.3. The fourth-order valence-electron chi connectivity index (χ4n) is 3.82. The molecule has 31 heavy (non-hydrogen) atoms. The summed E-state index contributed by atoms with van der Waals surface area (Å²) in [6.45, 7) is 2.04. The van der Waals surface area contributed by atoms with Crippen LogP contribution in [0.15, 0.2) is 24.3 Å². The van der Waals surface area contributed by atoms with Crippen molar-refractivity contribution in [2.45, 2.75) is 51.4 Å². The SMILES string of the molecule is [2H]C1([2H])C[C@H]2CN[C@]([2H])(C(=O)Oc3ccc(C(=O)OCC)cc3)C[C@H]2C([2H])([2H])[C@H]1CCc1nn[nH]n1. The van der Waals surface area contributed by atoms with Crippen LogP contribution >= 0.6 is 0 Å². The highest BCUT2D eigenvalue weighted by molar-refractivity contribution is 5.89. The van der Waals surface area contributed by atoms with Crippen LogP contribution < -0.4 is 10.1 Å². The van der Waals surface area contributed by atoms with Gasteiger partial charge in [0.05, 0.1) is 13.5 Å². The number of H-pyrrole nitrogens is 1. The number of carbonyl (C=O) groups is 2. The second-order valence-electron chi connectivity index (χ2n) is 7.56. The van der Waals surface area contributed by atoms with E-state index in [0.717, 1.165) is 0 Å². The van der Waals surface area contributed by atoms with Crippen LogP contribution in [0.5, 0.6) is 5.75 Å². The van der Waals surface area contributed by atoms with Gasteiger partial charge in [-0.25, -0.2) is 9.59 Å². The van der Waals surface area contributed by atoms with E-state index in [9.17, 15) is 9.59 Å². The molecule has 0 amide bonds. The molecule has 0 spiro atoms. The van der Waals surface area contributed by atoms with E-state index in [-0.39, 0.29) is 50.5 Å². The van der Waals surface area contributed by atoms with Gasteiger partial charge >= 0.3 is 11.9 Å². The topological polar surface area (TPSA) is 119 Å². The number of fused-ring (bicyclic) bond motifs is 1. The number of aromatic nitrogens is 4. The average molecular weight is 433 g/mol. The summed E-state index contributed by atoms with van der Waals surface area (Å²) in [4.78, 5) is 24.8. The monoisotopic (exact) mass is 432 g/mol. The fraction of sp³-hybridized carbons (Fsp3) is 0.591.